The Morgan fingerprint density at radius 3 is 2.05 bits per heavy atom. The molecule has 0 bridgehead atoms. The molecule has 0 fully saturated rings. The second kappa shape index (κ2) is 8.15. The summed E-state index contributed by atoms with van der Waals surface area (Å²) in [5.41, 5.74) is 5.11. The molecule has 0 aromatic heterocycles. The fraction of sp³-hybridized carbons (Fsp3) is 0.222. The number of aliphatic hydroxyl groups is 1. The van der Waals surface area contributed by atoms with E-state index in [1.165, 1.54) is 16.7 Å². The molecule has 0 aliphatic heterocycles. The predicted molar refractivity (Wildman–Crippen MR) is 83.4 cm³/mol. The fourth-order valence-electron chi connectivity index (χ4n) is 1.77. The van der Waals surface area contributed by atoms with Crippen LogP contribution in [0.1, 0.15) is 29.2 Å². The summed E-state index contributed by atoms with van der Waals surface area (Å²) < 4.78 is 0. The van der Waals surface area contributed by atoms with Gasteiger partial charge in [-0.2, -0.15) is 0 Å². The summed E-state index contributed by atoms with van der Waals surface area (Å²) in [6.07, 6.45) is 3.84. The van der Waals surface area contributed by atoms with Crippen molar-refractivity contribution in [1.82, 2.24) is 0 Å². The van der Waals surface area contributed by atoms with Gasteiger partial charge in [0.15, 0.2) is 0 Å². The maximum atomic E-state index is 8.41. The Morgan fingerprint density at radius 1 is 0.947 bits per heavy atom. The number of benzene rings is 2. The Morgan fingerprint density at radius 2 is 1.58 bits per heavy atom. The van der Waals surface area contributed by atoms with E-state index in [1.54, 1.807) is 6.08 Å². The predicted octanol–water partition coefficient (Wildman–Crippen LogP) is 5.08. The highest BCUT2D eigenvalue weighted by Crippen LogP contribution is 2.06. The van der Waals surface area contributed by atoms with Gasteiger partial charge in [0.2, 0.25) is 0 Å². The van der Waals surface area contributed by atoms with Crippen LogP contribution in [0.5, 0.6) is 0 Å². The van der Waals surface area contributed by atoms with Crippen molar-refractivity contribution in [3.05, 3.63) is 77.0 Å². The average molecular weight is 254 g/mol. The maximum absolute atomic E-state index is 8.41. The summed E-state index contributed by atoms with van der Waals surface area (Å²) in [6, 6.07) is 16.4. The third-order valence-electron chi connectivity index (χ3n) is 2.99. The third kappa shape index (κ3) is 5.43. The van der Waals surface area contributed by atoms with Crippen LogP contribution in [-0.4, -0.2) is 5.11 Å². The van der Waals surface area contributed by atoms with E-state index in [9.17, 15) is 0 Å². The molecule has 19 heavy (non-hydrogen) atoms. The van der Waals surface area contributed by atoms with E-state index in [2.05, 4.69) is 38.1 Å². The molecule has 0 saturated heterocycles. The van der Waals surface area contributed by atoms with Crippen molar-refractivity contribution in [2.45, 2.75) is 27.2 Å². The number of aryl methyl sites for hydroxylation is 3. The quantitative estimate of drug-likeness (QED) is 0.741. The normalized spacial score (nSPS) is 10.1. The van der Waals surface area contributed by atoms with Crippen molar-refractivity contribution in [2.75, 3.05) is 0 Å². The van der Waals surface area contributed by atoms with Gasteiger partial charge >= 0.3 is 0 Å². The molecule has 0 aliphatic carbocycles. The number of hydrogen-bond donors (Lipinski definition) is 1. The van der Waals surface area contributed by atoms with Crippen molar-refractivity contribution in [1.29, 1.82) is 0 Å². The summed E-state index contributed by atoms with van der Waals surface area (Å²) >= 11 is 0. The molecule has 0 spiro atoms. The van der Waals surface area contributed by atoms with Gasteiger partial charge in [-0.1, -0.05) is 61.0 Å². The Kier molecular flexibility index (Phi) is 6.45. The minimum atomic E-state index is 1.02. The molecular weight excluding hydrogens is 232 g/mol. The van der Waals surface area contributed by atoms with Gasteiger partial charge in [-0.25, -0.2) is 0 Å². The SMILES string of the molecule is CCc1ccccc1C.Cc1ccc(C=CO)cc1. The van der Waals surface area contributed by atoms with Gasteiger partial charge in [-0.05, 0) is 43.0 Å². The van der Waals surface area contributed by atoms with Crippen LogP contribution in [-0.2, 0) is 6.42 Å². The van der Waals surface area contributed by atoms with Crippen molar-refractivity contribution >= 4 is 6.08 Å². The van der Waals surface area contributed by atoms with Gasteiger partial charge in [0.05, 0.1) is 6.26 Å². The lowest BCUT2D eigenvalue weighted by Crippen LogP contribution is -1.82. The van der Waals surface area contributed by atoms with Crippen LogP contribution < -0.4 is 0 Å². The molecule has 1 nitrogen and oxygen atoms in total. The molecule has 0 radical (unpaired) electrons. The van der Waals surface area contributed by atoms with Crippen LogP contribution >= 0.6 is 0 Å². The lowest BCUT2D eigenvalue weighted by atomic mass is 10.1. The molecule has 0 unspecified atom stereocenters. The Hall–Kier alpha value is -2.02. The molecule has 2 rings (SSSR count). The standard InChI is InChI=1S/C9H10O.C9H12/c1-8-2-4-9(5-3-8)6-7-10;1-3-9-7-5-4-6-8(9)2/h2-7,10H,1H3;4-7H,3H2,1-2H3. The second-order valence-corrected chi connectivity index (χ2v) is 4.51. The molecule has 2 aromatic carbocycles. The monoisotopic (exact) mass is 254 g/mol. The van der Waals surface area contributed by atoms with E-state index in [4.69, 9.17) is 5.11 Å². The Balaban J connectivity index is 0.000000191. The van der Waals surface area contributed by atoms with Gasteiger partial charge < -0.3 is 5.11 Å². The highest BCUT2D eigenvalue weighted by Gasteiger charge is 1.89. The largest absolute Gasteiger partial charge is 0.516 e. The zero-order valence-corrected chi connectivity index (χ0v) is 11.9. The number of aliphatic hydroxyl groups excluding tert-OH is 1. The van der Waals surface area contributed by atoms with Crippen molar-refractivity contribution < 1.29 is 5.11 Å². The summed E-state index contributed by atoms with van der Waals surface area (Å²) in [4.78, 5) is 0. The smallest absolute Gasteiger partial charge is 0.0797 e. The van der Waals surface area contributed by atoms with Gasteiger partial charge in [-0.15, -0.1) is 0 Å². The van der Waals surface area contributed by atoms with Gasteiger partial charge in [0.1, 0.15) is 0 Å². The molecule has 100 valence electrons. The van der Waals surface area contributed by atoms with Crippen LogP contribution in [0.4, 0.5) is 0 Å². The van der Waals surface area contributed by atoms with Crippen LogP contribution in [0, 0.1) is 13.8 Å². The Bertz CT molecular complexity index is 509. The second-order valence-electron chi connectivity index (χ2n) is 4.51. The van der Waals surface area contributed by atoms with Crippen molar-refractivity contribution in [3.63, 3.8) is 0 Å². The lowest BCUT2D eigenvalue weighted by molar-refractivity contribution is 0.478. The van der Waals surface area contributed by atoms with Gasteiger partial charge in [0, 0.05) is 0 Å². The molecular formula is C18H22O. The first-order valence-electron chi connectivity index (χ1n) is 6.59. The summed E-state index contributed by atoms with van der Waals surface area (Å²) in [5, 5.41) is 8.41. The van der Waals surface area contributed by atoms with Gasteiger partial charge in [0.25, 0.3) is 0 Å². The molecule has 1 N–H and O–H groups in total. The number of rotatable bonds is 2. The maximum Gasteiger partial charge on any atom is 0.0797 e. The molecule has 0 saturated carbocycles. The molecule has 0 aliphatic rings. The van der Waals surface area contributed by atoms with Crippen molar-refractivity contribution in [2.24, 2.45) is 0 Å². The Labute approximate surface area is 116 Å². The first-order valence-corrected chi connectivity index (χ1v) is 6.59. The third-order valence-corrected chi connectivity index (χ3v) is 2.99. The van der Waals surface area contributed by atoms with Crippen LogP contribution in [0.25, 0.3) is 6.08 Å². The fourth-order valence-corrected chi connectivity index (χ4v) is 1.77. The zero-order valence-electron chi connectivity index (χ0n) is 11.9. The van der Waals surface area contributed by atoms with E-state index in [0.29, 0.717) is 0 Å². The molecule has 0 atom stereocenters. The van der Waals surface area contributed by atoms with Crippen molar-refractivity contribution in [3.8, 4) is 0 Å². The summed E-state index contributed by atoms with van der Waals surface area (Å²) in [5.74, 6) is 0. The average Bonchev–Trinajstić information content (AvgIpc) is 2.43. The zero-order chi connectivity index (χ0) is 14.1. The minimum Gasteiger partial charge on any atom is -0.516 e. The molecule has 0 amide bonds. The summed E-state index contributed by atoms with van der Waals surface area (Å²) in [6.45, 7) is 6.37. The summed E-state index contributed by atoms with van der Waals surface area (Å²) in [7, 11) is 0. The topological polar surface area (TPSA) is 20.2 Å². The molecule has 2 aromatic rings. The molecule has 0 heterocycles. The van der Waals surface area contributed by atoms with Crippen LogP contribution in [0.3, 0.4) is 0 Å². The van der Waals surface area contributed by atoms with Crippen LogP contribution in [0.2, 0.25) is 0 Å². The number of hydrogen-bond acceptors (Lipinski definition) is 1. The van der Waals surface area contributed by atoms with E-state index in [0.717, 1.165) is 18.2 Å². The minimum absolute atomic E-state index is 1.02. The highest BCUT2D eigenvalue weighted by molar-refractivity contribution is 5.48. The van der Waals surface area contributed by atoms with E-state index < -0.39 is 0 Å². The first-order chi connectivity index (χ1) is 9.17. The first kappa shape index (κ1) is 15.0. The van der Waals surface area contributed by atoms with Gasteiger partial charge in [-0.3, -0.25) is 0 Å². The van der Waals surface area contributed by atoms with E-state index >= 15 is 0 Å². The lowest BCUT2D eigenvalue weighted by Gasteiger charge is -1.98. The van der Waals surface area contributed by atoms with E-state index in [-0.39, 0.29) is 0 Å². The molecule has 1 heteroatoms. The van der Waals surface area contributed by atoms with Crippen LogP contribution in [0.15, 0.2) is 54.8 Å². The van der Waals surface area contributed by atoms with E-state index in [1.807, 2.05) is 31.2 Å². The highest BCUT2D eigenvalue weighted by atomic mass is 16.2.